The molecular weight excluding hydrogens is 236 g/mol. The molecule has 19 heavy (non-hydrogen) atoms. The maximum Gasteiger partial charge on any atom is 0.286 e. The molecular formula is C16H19N2O+. The minimum Gasteiger partial charge on any atom is -0.341 e. The number of benzene rings is 1. The summed E-state index contributed by atoms with van der Waals surface area (Å²) in [4.78, 5) is 2.26. The average molecular weight is 255 g/mol. The molecule has 0 saturated heterocycles. The fourth-order valence-electron chi connectivity index (χ4n) is 2.67. The highest BCUT2D eigenvalue weighted by molar-refractivity contribution is 5.64. The van der Waals surface area contributed by atoms with Crippen LogP contribution in [0.2, 0.25) is 0 Å². The van der Waals surface area contributed by atoms with E-state index in [-0.39, 0.29) is 0 Å². The molecule has 3 heteroatoms. The molecule has 2 aromatic rings. The second kappa shape index (κ2) is 5.02. The van der Waals surface area contributed by atoms with Gasteiger partial charge in [0.15, 0.2) is 6.73 Å². The van der Waals surface area contributed by atoms with Gasteiger partial charge in [-0.25, -0.2) is 9.47 Å². The Balaban J connectivity index is 2.16. The molecule has 3 rings (SSSR count). The Morgan fingerprint density at radius 2 is 2.00 bits per heavy atom. The van der Waals surface area contributed by atoms with Gasteiger partial charge in [0.25, 0.3) is 5.82 Å². The Labute approximate surface area is 114 Å². The van der Waals surface area contributed by atoms with Crippen molar-refractivity contribution < 1.29 is 9.30 Å². The summed E-state index contributed by atoms with van der Waals surface area (Å²) in [6.07, 6.45) is 3.06. The summed E-state index contributed by atoms with van der Waals surface area (Å²) >= 11 is 0. The van der Waals surface area contributed by atoms with Crippen molar-refractivity contribution in [2.24, 2.45) is 7.05 Å². The third kappa shape index (κ3) is 2.22. The fourth-order valence-corrected chi connectivity index (χ4v) is 2.67. The molecule has 0 radical (unpaired) electrons. The molecule has 98 valence electrons. The smallest absolute Gasteiger partial charge is 0.286 e. The van der Waals surface area contributed by atoms with Gasteiger partial charge in [-0.1, -0.05) is 18.2 Å². The number of anilines is 2. The van der Waals surface area contributed by atoms with E-state index in [2.05, 4.69) is 66.0 Å². The number of hydrogen-bond acceptors (Lipinski definition) is 2. The highest BCUT2D eigenvalue weighted by atomic mass is 16.5. The predicted molar refractivity (Wildman–Crippen MR) is 75.5 cm³/mol. The molecule has 3 nitrogen and oxygen atoms in total. The molecule has 0 fully saturated rings. The highest BCUT2D eigenvalue weighted by Gasteiger charge is 2.27. The number of fused-ring (bicyclic) bond motifs is 1. The van der Waals surface area contributed by atoms with Crippen LogP contribution >= 0.6 is 0 Å². The lowest BCUT2D eigenvalue weighted by atomic mass is 10.1. The first kappa shape index (κ1) is 12.2. The van der Waals surface area contributed by atoms with Crippen molar-refractivity contribution in [3.63, 3.8) is 0 Å². The van der Waals surface area contributed by atoms with Crippen LogP contribution in [0, 0.1) is 6.92 Å². The Morgan fingerprint density at radius 1 is 1.16 bits per heavy atom. The lowest BCUT2D eigenvalue weighted by molar-refractivity contribution is -0.658. The second-order valence-electron chi connectivity index (χ2n) is 4.97. The van der Waals surface area contributed by atoms with E-state index in [1.54, 1.807) is 0 Å². The minimum atomic E-state index is 0.607. The van der Waals surface area contributed by atoms with E-state index >= 15 is 0 Å². The van der Waals surface area contributed by atoms with Crippen LogP contribution in [0.15, 0.2) is 42.6 Å². The zero-order chi connectivity index (χ0) is 13.2. The molecule has 1 aliphatic heterocycles. The summed E-state index contributed by atoms with van der Waals surface area (Å²) in [5.41, 5.74) is 3.82. The Morgan fingerprint density at radius 3 is 2.84 bits per heavy atom. The zero-order valence-electron chi connectivity index (χ0n) is 11.5. The van der Waals surface area contributed by atoms with Crippen LogP contribution in [-0.2, 0) is 18.2 Å². The number of rotatable bonds is 1. The predicted octanol–water partition coefficient (Wildman–Crippen LogP) is 2.49. The van der Waals surface area contributed by atoms with Gasteiger partial charge < -0.3 is 4.74 Å². The van der Waals surface area contributed by atoms with Crippen LogP contribution in [-0.4, -0.2) is 13.3 Å². The first-order valence-electron chi connectivity index (χ1n) is 6.66. The van der Waals surface area contributed by atoms with Gasteiger partial charge in [0.1, 0.15) is 5.69 Å². The number of aromatic nitrogens is 1. The summed E-state index contributed by atoms with van der Waals surface area (Å²) in [6.45, 7) is 3.53. The number of hydrogen-bond donors (Lipinski definition) is 0. The lowest BCUT2D eigenvalue weighted by Gasteiger charge is -2.19. The largest absolute Gasteiger partial charge is 0.341 e. The number of pyridine rings is 1. The van der Waals surface area contributed by atoms with Crippen LogP contribution in [0.5, 0.6) is 0 Å². The molecule has 0 N–H and O–H groups in total. The van der Waals surface area contributed by atoms with Crippen LogP contribution < -0.4 is 9.47 Å². The van der Waals surface area contributed by atoms with E-state index in [9.17, 15) is 0 Å². The number of nitrogens with zero attached hydrogens (tertiary/aromatic N) is 2. The molecule has 1 aromatic heterocycles. The molecule has 2 heterocycles. The Bertz CT molecular complexity index is 595. The van der Waals surface area contributed by atoms with E-state index in [1.165, 1.54) is 22.6 Å². The van der Waals surface area contributed by atoms with Crippen molar-refractivity contribution in [2.75, 3.05) is 18.2 Å². The molecule has 0 amide bonds. The van der Waals surface area contributed by atoms with Gasteiger partial charge in [-0.3, -0.25) is 0 Å². The maximum atomic E-state index is 5.77. The number of para-hydroxylation sites is 1. The Kier molecular flexibility index (Phi) is 3.22. The van der Waals surface area contributed by atoms with Crippen molar-refractivity contribution in [1.82, 2.24) is 0 Å². The summed E-state index contributed by atoms with van der Waals surface area (Å²) in [7, 11) is 2.09. The van der Waals surface area contributed by atoms with Crippen LogP contribution in [0.3, 0.4) is 0 Å². The molecule has 0 atom stereocenters. The quantitative estimate of drug-likeness (QED) is 0.728. The van der Waals surface area contributed by atoms with Gasteiger partial charge in [0.05, 0.1) is 19.9 Å². The van der Waals surface area contributed by atoms with E-state index in [0.29, 0.717) is 6.73 Å². The van der Waals surface area contributed by atoms with Crippen molar-refractivity contribution in [3.05, 3.63) is 53.7 Å². The number of aryl methyl sites for hydroxylation is 2. The molecule has 0 aliphatic carbocycles. The molecule has 0 bridgehead atoms. The number of ether oxygens (including phenoxy) is 1. The van der Waals surface area contributed by atoms with Gasteiger partial charge in [-0.15, -0.1) is 0 Å². The van der Waals surface area contributed by atoms with Gasteiger partial charge in [-0.05, 0) is 30.7 Å². The van der Waals surface area contributed by atoms with Gasteiger partial charge in [-0.2, -0.15) is 0 Å². The van der Waals surface area contributed by atoms with E-state index in [1.807, 2.05) is 0 Å². The summed E-state index contributed by atoms with van der Waals surface area (Å²) in [5.74, 6) is 1.23. The van der Waals surface area contributed by atoms with E-state index < -0.39 is 0 Å². The monoisotopic (exact) mass is 255 g/mol. The highest BCUT2D eigenvalue weighted by Crippen LogP contribution is 2.29. The average Bonchev–Trinajstić information content (AvgIpc) is 2.63. The minimum absolute atomic E-state index is 0.607. The van der Waals surface area contributed by atoms with Crippen molar-refractivity contribution in [2.45, 2.75) is 13.3 Å². The van der Waals surface area contributed by atoms with E-state index in [0.717, 1.165) is 13.0 Å². The van der Waals surface area contributed by atoms with Crippen molar-refractivity contribution in [3.8, 4) is 0 Å². The zero-order valence-corrected chi connectivity index (χ0v) is 11.5. The van der Waals surface area contributed by atoms with Crippen molar-refractivity contribution >= 4 is 11.5 Å². The fraction of sp³-hybridized carbons (Fsp3) is 0.312. The second-order valence-corrected chi connectivity index (χ2v) is 4.97. The maximum absolute atomic E-state index is 5.77. The van der Waals surface area contributed by atoms with Gasteiger partial charge in [0.2, 0.25) is 0 Å². The molecule has 1 aliphatic rings. The summed E-state index contributed by atoms with van der Waals surface area (Å²) in [6, 6.07) is 12.7. The summed E-state index contributed by atoms with van der Waals surface area (Å²) < 4.78 is 7.94. The lowest BCUT2D eigenvalue weighted by Crippen LogP contribution is -2.38. The first-order chi connectivity index (χ1) is 9.27. The topological polar surface area (TPSA) is 16.4 Å². The molecule has 0 spiro atoms. The van der Waals surface area contributed by atoms with Crippen LogP contribution in [0.4, 0.5) is 11.5 Å². The third-order valence-corrected chi connectivity index (χ3v) is 3.63. The van der Waals surface area contributed by atoms with Gasteiger partial charge >= 0.3 is 0 Å². The summed E-state index contributed by atoms with van der Waals surface area (Å²) in [5, 5.41) is 0. The van der Waals surface area contributed by atoms with E-state index in [4.69, 9.17) is 4.74 Å². The Hall–Kier alpha value is -1.87. The van der Waals surface area contributed by atoms with Gasteiger partial charge in [0, 0.05) is 12.0 Å². The van der Waals surface area contributed by atoms with Crippen molar-refractivity contribution in [1.29, 1.82) is 0 Å². The third-order valence-electron chi connectivity index (χ3n) is 3.63. The van der Waals surface area contributed by atoms with Crippen LogP contribution in [0.1, 0.15) is 11.1 Å². The first-order valence-corrected chi connectivity index (χ1v) is 6.66. The van der Waals surface area contributed by atoms with Crippen LogP contribution in [0.25, 0.3) is 0 Å². The molecule has 1 aromatic carbocycles. The SMILES string of the molecule is Cc1ccccc1N1COCCc2ccc[n+](C)c21. The molecule has 0 saturated carbocycles. The molecule has 0 unspecified atom stereocenters. The standard InChI is InChI=1S/C16H19N2O/c1-13-6-3-4-8-15(13)18-12-19-11-9-14-7-5-10-17(2)16(14)18/h3-8,10H,9,11-12H2,1-2H3/q+1. The normalized spacial score (nSPS) is 14.9.